The van der Waals surface area contributed by atoms with Crippen molar-refractivity contribution in [1.29, 1.82) is 0 Å². The summed E-state index contributed by atoms with van der Waals surface area (Å²) in [6.07, 6.45) is 1.01. The highest BCUT2D eigenvalue weighted by molar-refractivity contribution is 7.14. The number of anilines is 1. The number of benzene rings is 1. The third-order valence-electron chi connectivity index (χ3n) is 3.11. The van der Waals surface area contributed by atoms with Crippen LogP contribution in [0, 0.1) is 0 Å². The van der Waals surface area contributed by atoms with E-state index in [-0.39, 0.29) is 11.1 Å². The molecular formula is C15H12ClN3OS2. The monoisotopic (exact) mass is 349 g/mol. The smallest absolute Gasteiger partial charge is 0.270 e. The topological polar surface area (TPSA) is 54.9 Å². The molecule has 0 aliphatic rings. The van der Waals surface area contributed by atoms with Gasteiger partial charge in [0.05, 0.1) is 11.2 Å². The van der Waals surface area contributed by atoms with Crippen LogP contribution in [-0.4, -0.2) is 15.9 Å². The van der Waals surface area contributed by atoms with Gasteiger partial charge < -0.3 is 0 Å². The maximum atomic E-state index is 12.1. The highest BCUT2D eigenvalue weighted by atomic mass is 35.5. The maximum Gasteiger partial charge on any atom is 0.270 e. The average molecular weight is 350 g/mol. The minimum atomic E-state index is -0.283. The standard InChI is InChI=1S/C15H12ClN3OS2/c1-2-9-3-5-10(6-4-9)11-7-21-15(18-11)19-14(20)12-13(16)17-8-22-12/h3-8H,2H2,1H3,(H,18,19,20). The number of aryl methyl sites for hydroxylation is 1. The largest absolute Gasteiger partial charge is 0.297 e. The van der Waals surface area contributed by atoms with E-state index in [2.05, 4.69) is 34.3 Å². The Morgan fingerprint density at radius 1 is 1.27 bits per heavy atom. The van der Waals surface area contributed by atoms with E-state index in [9.17, 15) is 4.79 Å². The third kappa shape index (κ3) is 3.19. The van der Waals surface area contributed by atoms with Gasteiger partial charge in [-0.25, -0.2) is 9.97 Å². The van der Waals surface area contributed by atoms with Gasteiger partial charge in [0, 0.05) is 10.9 Å². The Morgan fingerprint density at radius 3 is 2.68 bits per heavy atom. The van der Waals surface area contributed by atoms with Crippen LogP contribution in [0.1, 0.15) is 22.2 Å². The van der Waals surface area contributed by atoms with Gasteiger partial charge in [-0.15, -0.1) is 22.7 Å². The van der Waals surface area contributed by atoms with Gasteiger partial charge in [0.25, 0.3) is 5.91 Å². The summed E-state index contributed by atoms with van der Waals surface area (Å²) in [5, 5.41) is 5.44. The average Bonchev–Trinajstić information content (AvgIpc) is 3.16. The predicted octanol–water partition coefficient (Wildman–Crippen LogP) is 4.73. The molecule has 0 fully saturated rings. The zero-order valence-corrected chi connectivity index (χ0v) is 14.1. The lowest BCUT2D eigenvalue weighted by molar-refractivity contribution is 0.103. The lowest BCUT2D eigenvalue weighted by atomic mass is 10.1. The van der Waals surface area contributed by atoms with Crippen LogP contribution in [0.2, 0.25) is 5.15 Å². The van der Waals surface area contributed by atoms with Crippen LogP contribution in [0.25, 0.3) is 11.3 Å². The molecule has 0 spiro atoms. The summed E-state index contributed by atoms with van der Waals surface area (Å²) in [6, 6.07) is 8.26. The minimum Gasteiger partial charge on any atom is -0.297 e. The van der Waals surface area contributed by atoms with E-state index in [0.717, 1.165) is 17.7 Å². The number of nitrogens with zero attached hydrogens (tertiary/aromatic N) is 2. The van der Waals surface area contributed by atoms with Gasteiger partial charge in [0.1, 0.15) is 4.88 Å². The molecule has 0 aliphatic carbocycles. The number of carbonyl (C=O) groups is 1. The van der Waals surface area contributed by atoms with E-state index in [1.165, 1.54) is 28.2 Å². The quantitative estimate of drug-likeness (QED) is 0.740. The Hall–Kier alpha value is -1.76. The molecule has 2 aromatic heterocycles. The number of thiazole rings is 2. The van der Waals surface area contributed by atoms with Crippen molar-refractivity contribution in [3.63, 3.8) is 0 Å². The number of aromatic nitrogens is 2. The molecule has 0 radical (unpaired) electrons. The molecule has 1 N–H and O–H groups in total. The first-order valence-corrected chi connectivity index (χ1v) is 8.76. The second-order valence-corrected chi connectivity index (χ2v) is 6.59. The number of hydrogen-bond acceptors (Lipinski definition) is 5. The van der Waals surface area contributed by atoms with E-state index in [1.807, 2.05) is 17.5 Å². The van der Waals surface area contributed by atoms with Crippen LogP contribution in [0.5, 0.6) is 0 Å². The van der Waals surface area contributed by atoms with Gasteiger partial charge in [-0.2, -0.15) is 0 Å². The van der Waals surface area contributed by atoms with Crippen LogP contribution in [0.15, 0.2) is 35.2 Å². The molecule has 0 unspecified atom stereocenters. The van der Waals surface area contributed by atoms with Gasteiger partial charge in [-0.05, 0) is 12.0 Å². The van der Waals surface area contributed by atoms with Crippen molar-refractivity contribution < 1.29 is 4.79 Å². The van der Waals surface area contributed by atoms with Crippen LogP contribution in [0.3, 0.4) is 0 Å². The summed E-state index contributed by atoms with van der Waals surface area (Å²) in [5.74, 6) is -0.283. The van der Waals surface area contributed by atoms with E-state index in [4.69, 9.17) is 11.6 Å². The molecule has 1 aromatic carbocycles. The highest BCUT2D eigenvalue weighted by Gasteiger charge is 2.15. The zero-order chi connectivity index (χ0) is 15.5. The minimum absolute atomic E-state index is 0.217. The normalized spacial score (nSPS) is 10.6. The second kappa shape index (κ2) is 6.56. The van der Waals surface area contributed by atoms with E-state index in [0.29, 0.717) is 10.0 Å². The Labute approximate surface area is 140 Å². The van der Waals surface area contributed by atoms with Gasteiger partial charge in [0.15, 0.2) is 10.3 Å². The Kier molecular flexibility index (Phi) is 4.52. The van der Waals surface area contributed by atoms with Crippen molar-refractivity contribution in [3.05, 3.63) is 50.7 Å². The van der Waals surface area contributed by atoms with Gasteiger partial charge >= 0.3 is 0 Å². The van der Waals surface area contributed by atoms with Crippen molar-refractivity contribution in [2.45, 2.75) is 13.3 Å². The van der Waals surface area contributed by atoms with Crippen LogP contribution in [0.4, 0.5) is 5.13 Å². The molecule has 3 aromatic rings. The van der Waals surface area contributed by atoms with Crippen molar-refractivity contribution >= 4 is 45.3 Å². The van der Waals surface area contributed by atoms with E-state index >= 15 is 0 Å². The van der Waals surface area contributed by atoms with E-state index in [1.54, 1.807) is 5.51 Å². The lowest BCUT2D eigenvalue weighted by Crippen LogP contribution is -2.10. The van der Waals surface area contributed by atoms with Gasteiger partial charge in [-0.1, -0.05) is 42.8 Å². The van der Waals surface area contributed by atoms with Crippen LogP contribution >= 0.6 is 34.3 Å². The molecule has 0 saturated heterocycles. The molecule has 2 heterocycles. The number of amides is 1. The highest BCUT2D eigenvalue weighted by Crippen LogP contribution is 2.26. The Morgan fingerprint density at radius 2 is 2.05 bits per heavy atom. The fraction of sp³-hybridized carbons (Fsp3) is 0.133. The number of carbonyl (C=O) groups excluding carboxylic acids is 1. The maximum absolute atomic E-state index is 12.1. The summed E-state index contributed by atoms with van der Waals surface area (Å²) in [6.45, 7) is 2.12. The van der Waals surface area contributed by atoms with Crippen LogP contribution < -0.4 is 5.32 Å². The molecule has 1 amide bonds. The molecule has 112 valence electrons. The SMILES string of the molecule is CCc1ccc(-c2csc(NC(=O)c3scnc3Cl)n2)cc1. The summed E-state index contributed by atoms with van der Waals surface area (Å²) >= 11 is 8.44. The predicted molar refractivity (Wildman–Crippen MR) is 92.0 cm³/mol. The van der Waals surface area contributed by atoms with Crippen molar-refractivity contribution in [3.8, 4) is 11.3 Å². The number of rotatable bonds is 4. The summed E-state index contributed by atoms with van der Waals surface area (Å²) in [7, 11) is 0. The molecule has 4 nitrogen and oxygen atoms in total. The van der Waals surface area contributed by atoms with Crippen molar-refractivity contribution in [2.24, 2.45) is 0 Å². The summed E-state index contributed by atoms with van der Waals surface area (Å²) in [4.78, 5) is 20.8. The molecule has 0 bridgehead atoms. The summed E-state index contributed by atoms with van der Waals surface area (Å²) in [5.41, 5.74) is 4.70. The van der Waals surface area contributed by atoms with E-state index < -0.39 is 0 Å². The van der Waals surface area contributed by atoms with Gasteiger partial charge in [0.2, 0.25) is 0 Å². The zero-order valence-electron chi connectivity index (χ0n) is 11.7. The number of hydrogen-bond donors (Lipinski definition) is 1. The fourth-order valence-corrected chi connectivity index (χ4v) is 3.52. The first-order chi connectivity index (χ1) is 10.7. The molecule has 0 aliphatic heterocycles. The molecular weight excluding hydrogens is 338 g/mol. The lowest BCUT2D eigenvalue weighted by Gasteiger charge is -2.00. The first-order valence-electron chi connectivity index (χ1n) is 6.62. The fourth-order valence-electron chi connectivity index (χ4n) is 1.91. The second-order valence-electron chi connectivity index (χ2n) is 4.51. The number of halogens is 1. The summed E-state index contributed by atoms with van der Waals surface area (Å²) < 4.78 is 0. The first kappa shape index (κ1) is 15.1. The van der Waals surface area contributed by atoms with Crippen molar-refractivity contribution in [1.82, 2.24) is 9.97 Å². The molecule has 0 atom stereocenters. The van der Waals surface area contributed by atoms with Crippen molar-refractivity contribution in [2.75, 3.05) is 5.32 Å². The molecule has 3 rings (SSSR count). The Bertz CT molecular complexity index is 795. The number of nitrogens with one attached hydrogen (secondary N) is 1. The molecule has 22 heavy (non-hydrogen) atoms. The molecule has 7 heteroatoms. The Balaban J connectivity index is 1.76. The van der Waals surface area contributed by atoms with Gasteiger partial charge in [-0.3, -0.25) is 10.1 Å². The molecule has 0 saturated carbocycles. The van der Waals surface area contributed by atoms with Crippen LogP contribution in [-0.2, 0) is 6.42 Å². The third-order valence-corrected chi connectivity index (χ3v) is 5.09.